The molecule has 0 aromatic heterocycles. The van der Waals surface area contributed by atoms with E-state index in [-0.39, 0.29) is 0 Å². The van der Waals surface area contributed by atoms with Crippen molar-refractivity contribution in [2.75, 3.05) is 13.1 Å². The van der Waals surface area contributed by atoms with Gasteiger partial charge in [0.05, 0.1) is 12.6 Å². The van der Waals surface area contributed by atoms with E-state index in [1.54, 1.807) is 0 Å². The Morgan fingerprint density at radius 1 is 1.38 bits per heavy atom. The second-order valence-electron chi connectivity index (χ2n) is 3.39. The molecule has 0 fully saturated rings. The second-order valence-corrected chi connectivity index (χ2v) is 3.39. The fourth-order valence-corrected chi connectivity index (χ4v) is 1.65. The highest BCUT2D eigenvalue weighted by molar-refractivity contribution is 5.02. The maximum Gasteiger partial charge on any atom is 0.0787 e. The van der Waals surface area contributed by atoms with Gasteiger partial charge in [-0.1, -0.05) is 12.2 Å². The molecule has 1 radical (unpaired) electrons. The average molecular weight is 179 g/mol. The lowest BCUT2D eigenvalue weighted by molar-refractivity contribution is 0.426. The van der Waals surface area contributed by atoms with Crippen LogP contribution in [0.1, 0.15) is 12.8 Å². The summed E-state index contributed by atoms with van der Waals surface area (Å²) < 4.78 is 0. The molecule has 4 nitrogen and oxygen atoms in total. The van der Waals surface area contributed by atoms with Crippen LogP contribution in [0.25, 0.3) is 0 Å². The van der Waals surface area contributed by atoms with Crippen molar-refractivity contribution < 1.29 is 0 Å². The number of hydrogen-bond acceptors (Lipinski definition) is 4. The number of nitrogens with one attached hydrogen (secondary N) is 2. The van der Waals surface area contributed by atoms with E-state index in [1.165, 1.54) is 6.42 Å². The van der Waals surface area contributed by atoms with Crippen LogP contribution in [0.5, 0.6) is 0 Å². The highest BCUT2D eigenvalue weighted by Crippen LogP contribution is 2.21. The molecule has 2 N–H and O–H groups in total. The summed E-state index contributed by atoms with van der Waals surface area (Å²) in [5, 5.41) is 8.36. The summed E-state index contributed by atoms with van der Waals surface area (Å²) in [5.41, 5.74) is 6.11. The topological polar surface area (TPSA) is 48.8 Å². The van der Waals surface area contributed by atoms with Gasteiger partial charge >= 0.3 is 0 Å². The van der Waals surface area contributed by atoms with Gasteiger partial charge in [0, 0.05) is 19.0 Å². The molecule has 0 saturated carbocycles. The molecule has 71 valence electrons. The summed E-state index contributed by atoms with van der Waals surface area (Å²) in [5.74, 6) is 0.388. The lowest BCUT2D eigenvalue weighted by Gasteiger charge is -2.21. The predicted molar refractivity (Wildman–Crippen MR) is 50.8 cm³/mol. The molecule has 0 amide bonds. The average Bonchev–Trinajstić information content (AvgIpc) is 2.47. The molecular weight excluding hydrogens is 164 g/mol. The summed E-state index contributed by atoms with van der Waals surface area (Å²) in [7, 11) is 0. The number of rotatable bonds is 1. The van der Waals surface area contributed by atoms with Crippen molar-refractivity contribution in [1.29, 1.82) is 0 Å². The minimum Gasteiger partial charge on any atom is -0.254 e. The molecule has 2 heterocycles. The number of nitrogens with zero attached hydrogens (tertiary/aromatic N) is 2. The lowest BCUT2D eigenvalue weighted by Crippen LogP contribution is -2.32. The van der Waals surface area contributed by atoms with Gasteiger partial charge in [-0.05, 0) is 12.8 Å². The van der Waals surface area contributed by atoms with Gasteiger partial charge in [0.1, 0.15) is 0 Å². The van der Waals surface area contributed by atoms with Gasteiger partial charge in [-0.2, -0.15) is 10.2 Å². The minimum atomic E-state index is 0.345. The monoisotopic (exact) mass is 179 g/mol. The first-order valence-electron chi connectivity index (χ1n) is 4.82. The molecule has 0 aromatic carbocycles. The van der Waals surface area contributed by atoms with Crippen molar-refractivity contribution in [1.82, 2.24) is 10.9 Å². The van der Waals surface area contributed by atoms with Crippen LogP contribution in [0.2, 0.25) is 0 Å². The van der Waals surface area contributed by atoms with E-state index in [9.17, 15) is 0 Å². The standard InChI is InChI=1S/C9H15N4/c1-3-8(7-12-10-5-1)9-4-2-6-11-13-9/h1,3,7-10,12H,2,4-6H2. The van der Waals surface area contributed by atoms with Gasteiger partial charge in [-0.15, -0.1) is 0 Å². The van der Waals surface area contributed by atoms with Crippen LogP contribution in [0.3, 0.4) is 0 Å². The van der Waals surface area contributed by atoms with Gasteiger partial charge in [0.25, 0.3) is 0 Å². The third-order valence-electron chi connectivity index (χ3n) is 2.39. The normalized spacial score (nSPS) is 34.5. The number of azo groups is 1. The molecule has 2 aliphatic heterocycles. The van der Waals surface area contributed by atoms with E-state index >= 15 is 0 Å². The van der Waals surface area contributed by atoms with E-state index in [4.69, 9.17) is 0 Å². The largest absolute Gasteiger partial charge is 0.254 e. The summed E-state index contributed by atoms with van der Waals surface area (Å²) >= 11 is 0. The fraction of sp³-hybridized carbons (Fsp3) is 0.667. The summed E-state index contributed by atoms with van der Waals surface area (Å²) in [4.78, 5) is 0. The Hall–Kier alpha value is -0.740. The predicted octanol–water partition coefficient (Wildman–Crippen LogP) is 1.04. The Morgan fingerprint density at radius 2 is 2.38 bits per heavy atom. The zero-order valence-electron chi connectivity index (χ0n) is 7.61. The van der Waals surface area contributed by atoms with Crippen molar-refractivity contribution in [3.05, 3.63) is 18.7 Å². The van der Waals surface area contributed by atoms with E-state index in [1.807, 2.05) is 0 Å². The van der Waals surface area contributed by atoms with Crippen LogP contribution in [0.15, 0.2) is 22.4 Å². The molecule has 0 bridgehead atoms. The van der Waals surface area contributed by atoms with Crippen molar-refractivity contribution in [3.63, 3.8) is 0 Å². The third kappa shape index (κ3) is 2.35. The highest BCUT2D eigenvalue weighted by Gasteiger charge is 2.21. The smallest absolute Gasteiger partial charge is 0.0787 e. The van der Waals surface area contributed by atoms with Crippen LogP contribution in [-0.4, -0.2) is 19.1 Å². The van der Waals surface area contributed by atoms with E-state index in [2.05, 4.69) is 39.8 Å². The van der Waals surface area contributed by atoms with Crippen molar-refractivity contribution >= 4 is 0 Å². The number of hydrogen-bond donors (Lipinski definition) is 2. The van der Waals surface area contributed by atoms with Crippen LogP contribution >= 0.6 is 0 Å². The molecule has 2 aliphatic rings. The fourth-order valence-electron chi connectivity index (χ4n) is 1.65. The van der Waals surface area contributed by atoms with Gasteiger partial charge in [-0.25, -0.2) is 0 Å². The minimum absolute atomic E-state index is 0.345. The Morgan fingerprint density at radius 3 is 3.23 bits per heavy atom. The molecule has 0 spiro atoms. The van der Waals surface area contributed by atoms with E-state index in [0.717, 1.165) is 19.5 Å². The molecule has 13 heavy (non-hydrogen) atoms. The van der Waals surface area contributed by atoms with Crippen molar-refractivity contribution in [2.45, 2.75) is 18.9 Å². The molecule has 0 aliphatic carbocycles. The molecule has 2 atom stereocenters. The Kier molecular flexibility index (Phi) is 3.05. The SMILES string of the molecule is [CH]1NNCC=CC1C1CCCN=N1. The summed E-state index contributed by atoms with van der Waals surface area (Å²) in [6, 6.07) is 0.345. The third-order valence-corrected chi connectivity index (χ3v) is 2.39. The Balaban J connectivity index is 1.96. The van der Waals surface area contributed by atoms with Crippen LogP contribution in [-0.2, 0) is 0 Å². The molecule has 2 rings (SSSR count). The first-order valence-corrected chi connectivity index (χ1v) is 4.82. The second kappa shape index (κ2) is 4.48. The molecule has 4 heteroatoms. The van der Waals surface area contributed by atoms with Gasteiger partial charge < -0.3 is 0 Å². The van der Waals surface area contributed by atoms with E-state index in [0.29, 0.717) is 12.0 Å². The van der Waals surface area contributed by atoms with E-state index < -0.39 is 0 Å². The van der Waals surface area contributed by atoms with Crippen LogP contribution in [0.4, 0.5) is 0 Å². The van der Waals surface area contributed by atoms with Gasteiger partial charge in [0.2, 0.25) is 0 Å². The van der Waals surface area contributed by atoms with Crippen LogP contribution in [0, 0.1) is 12.5 Å². The van der Waals surface area contributed by atoms with Crippen molar-refractivity contribution in [3.8, 4) is 0 Å². The van der Waals surface area contributed by atoms with Crippen LogP contribution < -0.4 is 10.9 Å². The zero-order valence-corrected chi connectivity index (χ0v) is 7.61. The number of hydrazine groups is 1. The quantitative estimate of drug-likeness (QED) is 0.591. The summed E-state index contributed by atoms with van der Waals surface area (Å²) in [6.07, 6.45) is 6.64. The molecule has 0 saturated heterocycles. The Labute approximate surface area is 78.5 Å². The molecule has 2 unspecified atom stereocenters. The van der Waals surface area contributed by atoms with Gasteiger partial charge in [-0.3, -0.25) is 10.9 Å². The lowest BCUT2D eigenvalue weighted by atomic mass is 9.95. The van der Waals surface area contributed by atoms with Gasteiger partial charge in [0.15, 0.2) is 0 Å². The Bertz CT molecular complexity index is 212. The summed E-state index contributed by atoms with van der Waals surface area (Å²) in [6.45, 7) is 3.83. The first-order chi connectivity index (χ1) is 6.47. The first kappa shape index (κ1) is 8.84. The van der Waals surface area contributed by atoms with Crippen molar-refractivity contribution in [2.24, 2.45) is 16.1 Å². The zero-order chi connectivity index (χ0) is 8.93. The maximum atomic E-state index is 4.27. The maximum absolute atomic E-state index is 4.27. The highest BCUT2D eigenvalue weighted by atomic mass is 15.3. The molecular formula is C9H15N4. The molecule has 0 aromatic rings.